The fraction of sp³-hybridized carbons (Fsp3) is 0.852. The third kappa shape index (κ3) is 4.33. The van der Waals surface area contributed by atoms with Crippen LogP contribution >= 0.6 is 0 Å². The van der Waals surface area contributed by atoms with E-state index < -0.39 is 0 Å². The van der Waals surface area contributed by atoms with Gasteiger partial charge >= 0.3 is 12.1 Å². The summed E-state index contributed by atoms with van der Waals surface area (Å²) in [6.07, 6.45) is 12.5. The summed E-state index contributed by atoms with van der Waals surface area (Å²) < 4.78 is 5.50. The smallest absolute Gasteiger partial charge is 0.410 e. The molecule has 190 valence electrons. The first kappa shape index (κ1) is 24.0. The van der Waals surface area contributed by atoms with E-state index in [1.54, 1.807) is 16.0 Å². The minimum atomic E-state index is -0.0879. The minimum absolute atomic E-state index is 0.0879. The van der Waals surface area contributed by atoms with Crippen molar-refractivity contribution in [3.05, 3.63) is 11.1 Å². The van der Waals surface area contributed by atoms with Gasteiger partial charge in [0.1, 0.15) is 0 Å². The van der Waals surface area contributed by atoms with Crippen LogP contribution in [0, 0.1) is 5.41 Å². The second-order valence-electron chi connectivity index (χ2n) is 11.7. The normalized spacial score (nSPS) is 31.0. The molecule has 3 amide bonds. The summed E-state index contributed by atoms with van der Waals surface area (Å²) in [5, 5.41) is 0. The molecule has 2 bridgehead atoms. The van der Waals surface area contributed by atoms with E-state index in [-0.39, 0.29) is 17.5 Å². The molecule has 2 unspecified atom stereocenters. The topological polar surface area (TPSA) is 56.3 Å². The van der Waals surface area contributed by atoms with E-state index >= 15 is 0 Å². The van der Waals surface area contributed by atoms with Crippen LogP contribution in [0.15, 0.2) is 11.1 Å². The van der Waals surface area contributed by atoms with Gasteiger partial charge in [-0.3, -0.25) is 0 Å². The predicted molar refractivity (Wildman–Crippen MR) is 133 cm³/mol. The molecule has 4 aliphatic heterocycles. The first-order valence-corrected chi connectivity index (χ1v) is 13.8. The van der Waals surface area contributed by atoms with E-state index in [9.17, 15) is 9.59 Å². The van der Waals surface area contributed by atoms with E-state index in [0.717, 1.165) is 71.1 Å². The maximum Gasteiger partial charge on any atom is 0.410 e. The number of urea groups is 1. The van der Waals surface area contributed by atoms with Crippen LogP contribution in [-0.2, 0) is 4.74 Å². The van der Waals surface area contributed by atoms with Gasteiger partial charge in [0.05, 0.1) is 6.61 Å². The highest BCUT2D eigenvalue weighted by Gasteiger charge is 2.49. The summed E-state index contributed by atoms with van der Waals surface area (Å²) in [5.41, 5.74) is 3.47. The number of fused-ring (bicyclic) bond motifs is 3. The number of amides is 3. The lowest BCUT2D eigenvalue weighted by atomic mass is 9.65. The highest BCUT2D eigenvalue weighted by molar-refractivity contribution is 5.74. The Morgan fingerprint density at radius 3 is 2.35 bits per heavy atom. The average molecular weight is 473 g/mol. The van der Waals surface area contributed by atoms with Gasteiger partial charge in [-0.1, -0.05) is 18.1 Å². The summed E-state index contributed by atoms with van der Waals surface area (Å²) in [5.74, 6) is 0. The van der Waals surface area contributed by atoms with Crippen molar-refractivity contribution in [2.75, 3.05) is 46.9 Å². The van der Waals surface area contributed by atoms with E-state index in [1.165, 1.54) is 25.7 Å². The highest BCUT2D eigenvalue weighted by Crippen LogP contribution is 2.49. The van der Waals surface area contributed by atoms with Crippen molar-refractivity contribution in [2.45, 2.75) is 95.7 Å². The molecule has 1 spiro atoms. The summed E-state index contributed by atoms with van der Waals surface area (Å²) in [6, 6.07) is 1.44. The van der Waals surface area contributed by atoms with Crippen molar-refractivity contribution in [3.8, 4) is 0 Å². The third-order valence-electron chi connectivity index (χ3n) is 9.37. The summed E-state index contributed by atoms with van der Waals surface area (Å²) >= 11 is 0. The molecular weight excluding hydrogens is 428 g/mol. The zero-order chi connectivity index (χ0) is 23.9. The van der Waals surface area contributed by atoms with Gasteiger partial charge in [0.25, 0.3) is 0 Å². The third-order valence-corrected chi connectivity index (χ3v) is 9.37. The lowest BCUT2D eigenvalue weighted by molar-refractivity contribution is 0.0121. The number of rotatable bonds is 3. The molecule has 0 aromatic carbocycles. The first-order chi connectivity index (χ1) is 16.4. The van der Waals surface area contributed by atoms with Gasteiger partial charge in [-0.2, -0.15) is 0 Å². The minimum Gasteiger partial charge on any atom is -0.449 e. The van der Waals surface area contributed by atoms with Gasteiger partial charge in [0.2, 0.25) is 0 Å². The molecule has 34 heavy (non-hydrogen) atoms. The lowest BCUT2D eigenvalue weighted by Crippen LogP contribution is -2.58. The molecule has 3 saturated heterocycles. The summed E-state index contributed by atoms with van der Waals surface area (Å²) in [6.45, 7) is 6.54. The van der Waals surface area contributed by atoms with Crippen LogP contribution in [0.25, 0.3) is 0 Å². The summed E-state index contributed by atoms with van der Waals surface area (Å²) in [4.78, 5) is 34.2. The Balaban J connectivity index is 1.25. The molecule has 3 fully saturated rings. The molecule has 5 aliphatic rings. The van der Waals surface area contributed by atoms with Crippen LogP contribution in [0.1, 0.15) is 77.6 Å². The van der Waals surface area contributed by atoms with Gasteiger partial charge in [0.15, 0.2) is 0 Å². The molecular formula is C27H44N4O3. The van der Waals surface area contributed by atoms with E-state index in [4.69, 9.17) is 4.74 Å². The monoisotopic (exact) mass is 472 g/mol. The standard InChI is InChI=1S/C27H44N4O3/c1-4-15-34-26(33)31-21-9-10-22(31)17-23(16-21)29-13-11-27(12-14-29)19-30(25(32)28(2)3)18-20-7-5-6-8-24(20)27/h21-23H,4-19H2,1-3H3. The number of ether oxygens (including phenoxy) is 1. The van der Waals surface area contributed by atoms with E-state index in [2.05, 4.69) is 14.7 Å². The quantitative estimate of drug-likeness (QED) is 0.569. The first-order valence-electron chi connectivity index (χ1n) is 13.8. The second-order valence-corrected chi connectivity index (χ2v) is 11.7. The lowest BCUT2D eigenvalue weighted by Gasteiger charge is -2.53. The van der Waals surface area contributed by atoms with Crippen LogP contribution in [0.3, 0.4) is 0 Å². The second kappa shape index (κ2) is 9.71. The van der Waals surface area contributed by atoms with Crippen LogP contribution in [0.2, 0.25) is 0 Å². The van der Waals surface area contributed by atoms with Crippen LogP contribution in [0.4, 0.5) is 9.59 Å². The SMILES string of the molecule is CCCOC(=O)N1C2CCC1CC(N1CCC3(CC1)CN(C(=O)N(C)C)CC1=C3CCCC1)C2. The van der Waals surface area contributed by atoms with Gasteiger partial charge in [-0.05, 0) is 83.7 Å². The Bertz CT molecular complexity index is 803. The Labute approximate surface area is 205 Å². The molecule has 1 aliphatic carbocycles. The highest BCUT2D eigenvalue weighted by atomic mass is 16.6. The van der Waals surface area contributed by atoms with Crippen molar-refractivity contribution in [3.63, 3.8) is 0 Å². The Kier molecular flexibility index (Phi) is 6.84. The fourth-order valence-electron chi connectivity index (χ4n) is 7.73. The molecule has 0 radical (unpaired) electrons. The Morgan fingerprint density at radius 1 is 1.03 bits per heavy atom. The zero-order valence-electron chi connectivity index (χ0n) is 21.6. The van der Waals surface area contributed by atoms with Gasteiger partial charge in [0, 0.05) is 50.7 Å². The number of piperidine rings is 2. The van der Waals surface area contributed by atoms with Crippen LogP contribution in [-0.4, -0.2) is 96.7 Å². The van der Waals surface area contributed by atoms with Gasteiger partial charge in [-0.15, -0.1) is 0 Å². The maximum atomic E-state index is 12.9. The van der Waals surface area contributed by atoms with Crippen molar-refractivity contribution in [2.24, 2.45) is 5.41 Å². The molecule has 0 saturated carbocycles. The number of carbonyl (C=O) groups excluding carboxylic acids is 2. The van der Waals surface area contributed by atoms with Crippen LogP contribution in [0.5, 0.6) is 0 Å². The number of hydrogen-bond acceptors (Lipinski definition) is 4. The molecule has 7 heteroatoms. The fourth-order valence-corrected chi connectivity index (χ4v) is 7.73. The van der Waals surface area contributed by atoms with Crippen molar-refractivity contribution in [1.29, 1.82) is 0 Å². The molecule has 4 heterocycles. The van der Waals surface area contributed by atoms with Gasteiger partial charge in [-0.25, -0.2) is 9.59 Å². The molecule has 2 atom stereocenters. The number of nitrogens with zero attached hydrogens (tertiary/aromatic N) is 4. The number of carbonyl (C=O) groups is 2. The molecule has 5 rings (SSSR count). The molecule has 0 aromatic rings. The van der Waals surface area contributed by atoms with Crippen molar-refractivity contribution in [1.82, 2.24) is 19.6 Å². The number of hydrogen-bond donors (Lipinski definition) is 0. The number of likely N-dealkylation sites (tertiary alicyclic amines) is 1. The largest absolute Gasteiger partial charge is 0.449 e. The molecule has 0 aromatic heterocycles. The zero-order valence-corrected chi connectivity index (χ0v) is 21.6. The van der Waals surface area contributed by atoms with E-state index in [0.29, 0.717) is 24.7 Å². The van der Waals surface area contributed by atoms with Crippen molar-refractivity contribution >= 4 is 12.1 Å². The Hall–Kier alpha value is -1.76. The predicted octanol–water partition coefficient (Wildman–Crippen LogP) is 4.48. The molecule has 7 nitrogen and oxygen atoms in total. The van der Waals surface area contributed by atoms with Gasteiger partial charge < -0.3 is 24.3 Å². The summed E-state index contributed by atoms with van der Waals surface area (Å²) in [7, 11) is 3.75. The average Bonchev–Trinajstić information content (AvgIpc) is 3.11. The van der Waals surface area contributed by atoms with E-state index in [1.807, 2.05) is 21.0 Å². The maximum absolute atomic E-state index is 12.9. The molecule has 0 N–H and O–H groups in total. The Morgan fingerprint density at radius 2 is 1.71 bits per heavy atom. The van der Waals surface area contributed by atoms with Crippen molar-refractivity contribution < 1.29 is 14.3 Å². The van der Waals surface area contributed by atoms with Crippen LogP contribution < -0.4 is 0 Å².